The monoisotopic (exact) mass is 213 g/mol. The molecule has 0 N–H and O–H groups in total. The number of rotatable bonds is 0. The lowest BCUT2D eigenvalue weighted by Gasteiger charge is -2.18. The predicted molar refractivity (Wildman–Crippen MR) is 64.4 cm³/mol. The first-order valence-corrected chi connectivity index (χ1v) is 5.37. The van der Waals surface area contributed by atoms with Gasteiger partial charge >= 0.3 is 0 Å². The van der Waals surface area contributed by atoms with E-state index in [1.165, 1.54) is 5.56 Å². The molecule has 1 heterocycles. The van der Waals surface area contributed by atoms with Gasteiger partial charge in [0.1, 0.15) is 11.7 Å². The van der Waals surface area contributed by atoms with Gasteiger partial charge in [-0.3, -0.25) is 0 Å². The van der Waals surface area contributed by atoms with E-state index < -0.39 is 0 Å². The molecule has 0 saturated heterocycles. The summed E-state index contributed by atoms with van der Waals surface area (Å²) >= 11 is 0. The van der Waals surface area contributed by atoms with Crippen LogP contribution in [0.25, 0.3) is 11.0 Å². The summed E-state index contributed by atoms with van der Waals surface area (Å²) in [4.78, 5) is 0. The third kappa shape index (κ3) is 1.59. The molecular weight excluding hydrogens is 198 g/mol. The Kier molecular flexibility index (Phi) is 2.27. The molecule has 0 unspecified atom stereocenters. The topological polar surface area (TPSA) is 36.9 Å². The molecule has 82 valence electrons. The van der Waals surface area contributed by atoms with Crippen molar-refractivity contribution in [2.45, 2.75) is 33.1 Å². The summed E-state index contributed by atoms with van der Waals surface area (Å²) in [5, 5.41) is 9.95. The fraction of sp³-hybridized carbons (Fsp3) is 0.357. The smallest absolute Gasteiger partial charge is 0.207 e. The number of hydrogen-bond acceptors (Lipinski definition) is 2. The van der Waals surface area contributed by atoms with E-state index in [-0.39, 0.29) is 5.41 Å². The molecule has 16 heavy (non-hydrogen) atoms. The van der Waals surface area contributed by atoms with Gasteiger partial charge in [0.25, 0.3) is 0 Å². The lowest BCUT2D eigenvalue weighted by Crippen LogP contribution is -2.10. The average molecular weight is 213 g/mol. The van der Waals surface area contributed by atoms with Crippen molar-refractivity contribution in [1.29, 1.82) is 5.26 Å². The predicted octanol–water partition coefficient (Wildman–Crippen LogP) is 3.91. The van der Waals surface area contributed by atoms with E-state index in [2.05, 4.69) is 39.0 Å². The Hall–Kier alpha value is -1.75. The number of furan rings is 1. The molecule has 1 aromatic heterocycles. The maximum atomic E-state index is 8.90. The molecule has 2 heteroatoms. The zero-order valence-corrected chi connectivity index (χ0v) is 10.1. The minimum absolute atomic E-state index is 0.116. The van der Waals surface area contributed by atoms with Gasteiger partial charge in [0.05, 0.1) is 0 Å². The van der Waals surface area contributed by atoms with Crippen LogP contribution in [0.1, 0.15) is 37.7 Å². The maximum absolute atomic E-state index is 8.90. The van der Waals surface area contributed by atoms with Crippen LogP contribution >= 0.6 is 0 Å². The second kappa shape index (κ2) is 3.38. The maximum Gasteiger partial charge on any atom is 0.207 e. The number of hydrogen-bond donors (Lipinski definition) is 0. The van der Waals surface area contributed by atoms with Crippen LogP contribution in [0.3, 0.4) is 0 Å². The highest BCUT2D eigenvalue weighted by Crippen LogP contribution is 2.30. The van der Waals surface area contributed by atoms with Crippen LogP contribution in [0.15, 0.2) is 22.6 Å². The highest BCUT2D eigenvalue weighted by atomic mass is 16.3. The zero-order valence-electron chi connectivity index (χ0n) is 10.1. The minimum atomic E-state index is 0.116. The van der Waals surface area contributed by atoms with E-state index in [4.69, 9.17) is 9.68 Å². The van der Waals surface area contributed by atoms with Gasteiger partial charge in [-0.15, -0.1) is 0 Å². The molecule has 0 atom stereocenters. The van der Waals surface area contributed by atoms with Crippen LogP contribution in [0.5, 0.6) is 0 Å². The van der Waals surface area contributed by atoms with Crippen molar-refractivity contribution in [3.05, 3.63) is 35.1 Å². The summed E-state index contributed by atoms with van der Waals surface area (Å²) in [6.07, 6.45) is 0. The third-order valence-electron chi connectivity index (χ3n) is 2.90. The summed E-state index contributed by atoms with van der Waals surface area (Å²) in [5.41, 5.74) is 3.10. The Balaban J connectivity index is 2.72. The van der Waals surface area contributed by atoms with Gasteiger partial charge in [0.2, 0.25) is 5.76 Å². The number of benzene rings is 1. The summed E-state index contributed by atoms with van der Waals surface area (Å²) in [6, 6.07) is 8.21. The van der Waals surface area contributed by atoms with Crippen LogP contribution in [0.2, 0.25) is 0 Å². The Morgan fingerprint density at radius 3 is 2.50 bits per heavy atom. The van der Waals surface area contributed by atoms with Gasteiger partial charge < -0.3 is 4.42 Å². The lowest BCUT2D eigenvalue weighted by molar-refractivity contribution is 0.586. The Labute approximate surface area is 95.5 Å². The molecule has 1 aromatic carbocycles. The molecule has 0 saturated carbocycles. The van der Waals surface area contributed by atoms with E-state index in [9.17, 15) is 0 Å². The number of nitriles is 1. The summed E-state index contributed by atoms with van der Waals surface area (Å²) in [7, 11) is 0. The summed E-state index contributed by atoms with van der Waals surface area (Å²) in [6.45, 7) is 8.45. The second-order valence-corrected chi connectivity index (χ2v) is 5.13. The standard InChI is InChI=1S/C14H15NO/c1-9-11-7-10(14(2,3)4)5-6-12(11)16-13(9)8-15/h5-7H,1-4H3. The molecule has 0 spiro atoms. The largest absolute Gasteiger partial charge is 0.445 e. The molecule has 0 fully saturated rings. The molecule has 2 rings (SSSR count). The van der Waals surface area contributed by atoms with Crippen molar-refractivity contribution in [3.8, 4) is 6.07 Å². The minimum Gasteiger partial charge on any atom is -0.445 e. The molecule has 0 aliphatic carbocycles. The molecule has 0 bridgehead atoms. The van der Waals surface area contributed by atoms with E-state index in [0.29, 0.717) is 5.76 Å². The molecule has 2 aromatic rings. The van der Waals surface area contributed by atoms with E-state index in [1.807, 2.05) is 13.0 Å². The third-order valence-corrected chi connectivity index (χ3v) is 2.90. The Morgan fingerprint density at radius 2 is 1.94 bits per heavy atom. The molecule has 0 radical (unpaired) electrons. The number of nitrogens with zero attached hydrogens (tertiary/aromatic N) is 1. The molecule has 0 aliphatic heterocycles. The Bertz CT molecular complexity index is 579. The fourth-order valence-corrected chi connectivity index (χ4v) is 1.79. The van der Waals surface area contributed by atoms with Crippen molar-refractivity contribution >= 4 is 11.0 Å². The molecule has 2 nitrogen and oxygen atoms in total. The first kappa shape index (κ1) is 10.8. The van der Waals surface area contributed by atoms with Crippen molar-refractivity contribution in [2.75, 3.05) is 0 Å². The van der Waals surface area contributed by atoms with Crippen molar-refractivity contribution < 1.29 is 4.42 Å². The van der Waals surface area contributed by atoms with Crippen molar-refractivity contribution in [3.63, 3.8) is 0 Å². The SMILES string of the molecule is Cc1c(C#N)oc2ccc(C(C)(C)C)cc12. The first-order chi connectivity index (χ1) is 7.43. The fourth-order valence-electron chi connectivity index (χ4n) is 1.79. The number of fused-ring (bicyclic) bond motifs is 1. The van der Waals surface area contributed by atoms with Crippen LogP contribution < -0.4 is 0 Å². The van der Waals surface area contributed by atoms with E-state index >= 15 is 0 Å². The Morgan fingerprint density at radius 1 is 1.25 bits per heavy atom. The molecule has 0 aliphatic rings. The average Bonchev–Trinajstić information content (AvgIpc) is 2.54. The summed E-state index contributed by atoms with van der Waals surface area (Å²) in [5.74, 6) is 0.418. The van der Waals surface area contributed by atoms with Crippen LogP contribution in [0, 0.1) is 18.3 Å². The molecule has 0 amide bonds. The normalized spacial score (nSPS) is 11.7. The van der Waals surface area contributed by atoms with E-state index in [1.54, 1.807) is 0 Å². The van der Waals surface area contributed by atoms with Crippen molar-refractivity contribution in [2.24, 2.45) is 0 Å². The lowest BCUT2D eigenvalue weighted by atomic mass is 9.86. The first-order valence-electron chi connectivity index (χ1n) is 5.37. The second-order valence-electron chi connectivity index (χ2n) is 5.13. The van der Waals surface area contributed by atoms with Gasteiger partial charge in [0.15, 0.2) is 0 Å². The summed E-state index contributed by atoms with van der Waals surface area (Å²) < 4.78 is 5.45. The van der Waals surface area contributed by atoms with E-state index in [0.717, 1.165) is 16.5 Å². The highest BCUT2D eigenvalue weighted by Gasteiger charge is 2.16. The van der Waals surface area contributed by atoms with Crippen molar-refractivity contribution in [1.82, 2.24) is 0 Å². The van der Waals surface area contributed by atoms with Gasteiger partial charge in [-0.2, -0.15) is 5.26 Å². The van der Waals surface area contributed by atoms with Crippen LogP contribution in [-0.2, 0) is 5.41 Å². The van der Waals surface area contributed by atoms with Crippen LogP contribution in [0.4, 0.5) is 0 Å². The zero-order chi connectivity index (χ0) is 11.9. The molecular formula is C14H15NO. The van der Waals surface area contributed by atoms with Gasteiger partial charge in [-0.25, -0.2) is 0 Å². The van der Waals surface area contributed by atoms with Gasteiger partial charge in [0, 0.05) is 10.9 Å². The van der Waals surface area contributed by atoms with Gasteiger partial charge in [-0.1, -0.05) is 26.8 Å². The van der Waals surface area contributed by atoms with Gasteiger partial charge in [-0.05, 0) is 30.0 Å². The van der Waals surface area contributed by atoms with Crippen LogP contribution in [-0.4, -0.2) is 0 Å². The highest BCUT2D eigenvalue weighted by molar-refractivity contribution is 5.83. The number of aryl methyl sites for hydroxylation is 1. The quantitative estimate of drug-likeness (QED) is 0.665.